The fourth-order valence-corrected chi connectivity index (χ4v) is 2.75. The molecule has 2 radical (unpaired) electrons. The van der Waals surface area contributed by atoms with Crippen molar-refractivity contribution in [1.29, 1.82) is 0 Å². The third-order valence-electron chi connectivity index (χ3n) is 3.61. The van der Waals surface area contributed by atoms with Gasteiger partial charge in [-0.2, -0.15) is 5.10 Å². The van der Waals surface area contributed by atoms with Crippen LogP contribution in [0.15, 0.2) is 12.3 Å². The lowest BCUT2D eigenvalue weighted by molar-refractivity contribution is -0.128. The van der Waals surface area contributed by atoms with E-state index in [-0.39, 0.29) is 11.3 Å². The molecule has 1 aromatic heterocycles. The molecule has 16 heavy (non-hydrogen) atoms. The summed E-state index contributed by atoms with van der Waals surface area (Å²) in [5.74, 6) is 0.704. The Labute approximate surface area is 95.4 Å². The van der Waals surface area contributed by atoms with Crippen molar-refractivity contribution in [3.63, 3.8) is 0 Å². The van der Waals surface area contributed by atoms with Gasteiger partial charge in [0.05, 0.1) is 18.2 Å². The van der Waals surface area contributed by atoms with E-state index in [1.165, 1.54) is 4.81 Å². The first-order valence-corrected chi connectivity index (χ1v) is 5.42. The Morgan fingerprint density at radius 1 is 1.50 bits per heavy atom. The first-order chi connectivity index (χ1) is 7.62. The minimum absolute atomic E-state index is 0.0184. The molecular formula is C10H13BN4O. The zero-order chi connectivity index (χ0) is 11.3. The van der Waals surface area contributed by atoms with Crippen molar-refractivity contribution in [3.05, 3.63) is 12.3 Å². The molecule has 1 aromatic rings. The lowest BCUT2D eigenvalue weighted by Crippen LogP contribution is -2.51. The van der Waals surface area contributed by atoms with Crippen LogP contribution in [0.25, 0.3) is 0 Å². The summed E-state index contributed by atoms with van der Waals surface area (Å²) in [7, 11) is 7.87. The number of amides is 1. The first-order valence-electron chi connectivity index (χ1n) is 5.42. The monoisotopic (exact) mass is 216 g/mol. The zero-order valence-corrected chi connectivity index (χ0v) is 9.26. The molecule has 0 bridgehead atoms. The Balaban J connectivity index is 2.03. The number of likely N-dealkylation sites (tertiary alicyclic amines) is 1. The summed E-state index contributed by atoms with van der Waals surface area (Å²) in [4.78, 5) is 15.7. The number of carbonyl (C=O) groups is 1. The van der Waals surface area contributed by atoms with Crippen LogP contribution in [0.1, 0.15) is 6.42 Å². The zero-order valence-electron chi connectivity index (χ0n) is 9.26. The van der Waals surface area contributed by atoms with Gasteiger partial charge in [-0.15, -0.1) is 0 Å². The van der Waals surface area contributed by atoms with Crippen LogP contribution in [-0.2, 0) is 11.3 Å². The summed E-state index contributed by atoms with van der Waals surface area (Å²) < 4.78 is 1.82. The largest absolute Gasteiger partial charge is 0.354 e. The van der Waals surface area contributed by atoms with E-state index >= 15 is 0 Å². The minimum Gasteiger partial charge on any atom is -0.354 e. The Morgan fingerprint density at radius 2 is 2.31 bits per heavy atom. The summed E-state index contributed by atoms with van der Waals surface area (Å²) in [6, 6.07) is 1.77. The highest BCUT2D eigenvalue weighted by Crippen LogP contribution is 2.38. The molecule has 5 nitrogen and oxygen atoms in total. The molecule has 0 aromatic carbocycles. The number of hydrogen-bond donors (Lipinski definition) is 0. The van der Waals surface area contributed by atoms with Gasteiger partial charge in [0, 0.05) is 6.54 Å². The van der Waals surface area contributed by atoms with E-state index in [0.29, 0.717) is 12.4 Å². The first kappa shape index (κ1) is 9.90. The Bertz CT molecular complexity index is 446. The summed E-state index contributed by atoms with van der Waals surface area (Å²) in [6.45, 7) is 2.35. The molecular weight excluding hydrogens is 203 g/mol. The van der Waals surface area contributed by atoms with Crippen molar-refractivity contribution in [2.45, 2.75) is 13.0 Å². The second-order valence-electron chi connectivity index (χ2n) is 4.79. The molecule has 1 saturated heterocycles. The summed E-state index contributed by atoms with van der Waals surface area (Å²) in [6.07, 6.45) is 2.54. The van der Waals surface area contributed by atoms with Crippen molar-refractivity contribution >= 4 is 19.7 Å². The Kier molecular flexibility index (Phi) is 1.92. The van der Waals surface area contributed by atoms with Crippen LogP contribution in [0.3, 0.4) is 0 Å². The molecule has 0 N–H and O–H groups in total. The van der Waals surface area contributed by atoms with Gasteiger partial charge in [0.2, 0.25) is 13.9 Å². The van der Waals surface area contributed by atoms with Crippen LogP contribution in [0, 0.1) is 5.41 Å². The molecule has 1 amide bonds. The fourth-order valence-electron chi connectivity index (χ4n) is 2.75. The number of carbonyl (C=O) groups excluding carboxylic acids is 1. The van der Waals surface area contributed by atoms with Crippen LogP contribution >= 0.6 is 0 Å². The molecule has 1 fully saturated rings. The normalized spacial score (nSPS) is 30.1. The number of nitrogens with zero attached hydrogens (tertiary/aromatic N) is 4. The highest BCUT2D eigenvalue weighted by atomic mass is 16.2. The van der Waals surface area contributed by atoms with Gasteiger partial charge in [0.15, 0.2) is 0 Å². The second-order valence-corrected chi connectivity index (χ2v) is 4.79. The van der Waals surface area contributed by atoms with Gasteiger partial charge in [0.1, 0.15) is 5.82 Å². The van der Waals surface area contributed by atoms with Gasteiger partial charge in [-0.1, -0.05) is 0 Å². The van der Waals surface area contributed by atoms with E-state index < -0.39 is 0 Å². The lowest BCUT2D eigenvalue weighted by Gasteiger charge is -2.38. The quantitative estimate of drug-likeness (QED) is 0.556. The minimum atomic E-state index is -0.372. The molecule has 0 saturated carbocycles. The number of anilines is 1. The average Bonchev–Trinajstić information content (AvgIpc) is 2.84. The lowest BCUT2D eigenvalue weighted by atomic mass is 9.83. The van der Waals surface area contributed by atoms with Crippen molar-refractivity contribution < 1.29 is 4.79 Å². The molecule has 1 spiro atoms. The van der Waals surface area contributed by atoms with E-state index in [9.17, 15) is 4.79 Å². The van der Waals surface area contributed by atoms with Gasteiger partial charge in [-0.05, 0) is 26.1 Å². The number of rotatable bonds is 0. The van der Waals surface area contributed by atoms with Crippen LogP contribution < -0.4 is 4.81 Å². The highest BCUT2D eigenvalue weighted by molar-refractivity contribution is 6.31. The van der Waals surface area contributed by atoms with Crippen molar-refractivity contribution in [1.82, 2.24) is 14.7 Å². The topological polar surface area (TPSA) is 41.4 Å². The van der Waals surface area contributed by atoms with Gasteiger partial charge in [-0.3, -0.25) is 4.79 Å². The predicted molar refractivity (Wildman–Crippen MR) is 60.0 cm³/mol. The van der Waals surface area contributed by atoms with E-state index in [4.69, 9.17) is 7.98 Å². The molecule has 3 heterocycles. The summed E-state index contributed by atoms with van der Waals surface area (Å²) in [5, 5.41) is 4.21. The van der Waals surface area contributed by atoms with Crippen LogP contribution in [0.5, 0.6) is 0 Å². The van der Waals surface area contributed by atoms with Gasteiger partial charge < -0.3 is 9.71 Å². The standard InChI is InChI=1S/C10H13BN4O/c1-13-5-3-10(6-13)7-14-8(2-4-12-14)15(11)9(10)16/h2,4H,3,5-7H2,1H3. The fraction of sp³-hybridized carbons (Fsp3) is 0.600. The van der Waals surface area contributed by atoms with E-state index in [1.54, 1.807) is 12.3 Å². The predicted octanol–water partition coefficient (Wildman–Crippen LogP) is -0.365. The molecule has 3 rings (SSSR count). The Hall–Kier alpha value is -1.30. The van der Waals surface area contributed by atoms with Crippen LogP contribution in [0.4, 0.5) is 5.82 Å². The molecule has 82 valence electrons. The molecule has 2 aliphatic rings. The number of fused-ring (bicyclic) bond motifs is 1. The third-order valence-corrected chi connectivity index (χ3v) is 3.61. The van der Waals surface area contributed by atoms with Crippen LogP contribution in [-0.4, -0.2) is 48.7 Å². The maximum absolute atomic E-state index is 12.3. The van der Waals surface area contributed by atoms with Gasteiger partial charge in [-0.25, -0.2) is 4.68 Å². The Morgan fingerprint density at radius 3 is 3.00 bits per heavy atom. The van der Waals surface area contributed by atoms with Gasteiger partial charge in [0.25, 0.3) is 0 Å². The van der Waals surface area contributed by atoms with E-state index in [1.807, 2.05) is 11.7 Å². The summed E-state index contributed by atoms with van der Waals surface area (Å²) >= 11 is 0. The van der Waals surface area contributed by atoms with E-state index in [0.717, 1.165) is 19.5 Å². The maximum atomic E-state index is 12.3. The molecule has 6 heteroatoms. The van der Waals surface area contributed by atoms with Crippen LogP contribution in [0.2, 0.25) is 0 Å². The molecule has 0 aliphatic carbocycles. The SMILES string of the molecule is [B]N1C(=O)C2(CCN(C)C2)Cn2nccc21. The van der Waals surface area contributed by atoms with Gasteiger partial charge >= 0.3 is 0 Å². The average molecular weight is 216 g/mol. The second kappa shape index (κ2) is 3.10. The van der Waals surface area contributed by atoms with Crippen molar-refractivity contribution in [2.24, 2.45) is 5.41 Å². The van der Waals surface area contributed by atoms with Crippen molar-refractivity contribution in [3.8, 4) is 0 Å². The maximum Gasteiger partial charge on any atom is 0.240 e. The van der Waals surface area contributed by atoms with E-state index in [2.05, 4.69) is 10.00 Å². The number of hydrogen-bond acceptors (Lipinski definition) is 3. The third kappa shape index (κ3) is 1.16. The number of aromatic nitrogens is 2. The highest BCUT2D eigenvalue weighted by Gasteiger charge is 2.48. The van der Waals surface area contributed by atoms with Crippen molar-refractivity contribution in [2.75, 3.05) is 24.9 Å². The smallest absolute Gasteiger partial charge is 0.240 e. The molecule has 2 aliphatic heterocycles. The molecule has 1 unspecified atom stereocenters. The molecule has 1 atom stereocenters. The summed E-state index contributed by atoms with van der Waals surface area (Å²) in [5.41, 5.74) is -0.372.